The molecule has 0 aliphatic carbocycles. The molecule has 1 aromatic heterocycles. The predicted octanol–water partition coefficient (Wildman–Crippen LogP) is 3.06. The Morgan fingerprint density at radius 1 is 1.47 bits per heavy atom. The number of rotatable bonds is 2. The highest BCUT2D eigenvalue weighted by molar-refractivity contribution is 7.13. The van der Waals surface area contributed by atoms with Gasteiger partial charge < -0.3 is 9.84 Å². The van der Waals surface area contributed by atoms with Crippen LogP contribution in [0.4, 0.5) is 0 Å². The van der Waals surface area contributed by atoms with Gasteiger partial charge in [0.1, 0.15) is 15.6 Å². The highest BCUT2D eigenvalue weighted by Crippen LogP contribution is 2.39. The second-order valence-corrected chi connectivity index (χ2v) is 5.53. The standard InChI is InChI=1S/C14H13NO3S/c1-8-12(14(16)17)19-13(15-8)10-6-7-18-11-5-3-2-4-9(10)11/h2-5,10H,6-7H2,1H3,(H,16,17). The fraction of sp³-hybridized carbons (Fsp3) is 0.286. The molecule has 0 spiro atoms. The van der Waals surface area contributed by atoms with E-state index in [1.807, 2.05) is 24.3 Å². The van der Waals surface area contributed by atoms with Crippen LogP contribution in [0.3, 0.4) is 0 Å². The van der Waals surface area contributed by atoms with Crippen molar-refractivity contribution in [1.29, 1.82) is 0 Å². The molecule has 0 radical (unpaired) electrons. The largest absolute Gasteiger partial charge is 0.493 e. The summed E-state index contributed by atoms with van der Waals surface area (Å²) in [6, 6.07) is 7.88. The Bertz CT molecular complexity index is 635. The number of aryl methyl sites for hydroxylation is 1. The lowest BCUT2D eigenvalue weighted by Gasteiger charge is -2.24. The molecule has 0 bridgehead atoms. The molecule has 5 heteroatoms. The summed E-state index contributed by atoms with van der Waals surface area (Å²) >= 11 is 1.27. The van der Waals surface area contributed by atoms with E-state index in [1.165, 1.54) is 11.3 Å². The maximum Gasteiger partial charge on any atom is 0.347 e. The van der Waals surface area contributed by atoms with Gasteiger partial charge in [0.2, 0.25) is 0 Å². The smallest absolute Gasteiger partial charge is 0.347 e. The van der Waals surface area contributed by atoms with Crippen molar-refractivity contribution in [1.82, 2.24) is 4.98 Å². The number of thiazole rings is 1. The van der Waals surface area contributed by atoms with Crippen LogP contribution in [0.5, 0.6) is 5.75 Å². The van der Waals surface area contributed by atoms with Gasteiger partial charge in [-0.3, -0.25) is 0 Å². The topological polar surface area (TPSA) is 59.4 Å². The van der Waals surface area contributed by atoms with Crippen LogP contribution in [0.15, 0.2) is 24.3 Å². The molecule has 0 saturated heterocycles. The van der Waals surface area contributed by atoms with Crippen molar-refractivity contribution in [3.8, 4) is 5.75 Å². The fourth-order valence-corrected chi connectivity index (χ4v) is 3.42. The van der Waals surface area contributed by atoms with Crippen LogP contribution in [0.2, 0.25) is 0 Å². The van der Waals surface area contributed by atoms with Crippen molar-refractivity contribution in [3.05, 3.63) is 45.4 Å². The van der Waals surface area contributed by atoms with E-state index in [2.05, 4.69) is 4.98 Å². The fourth-order valence-electron chi connectivity index (χ4n) is 2.36. The Kier molecular flexibility index (Phi) is 2.98. The predicted molar refractivity (Wildman–Crippen MR) is 72.2 cm³/mol. The van der Waals surface area contributed by atoms with Crippen molar-refractivity contribution in [2.24, 2.45) is 0 Å². The number of hydrogen-bond acceptors (Lipinski definition) is 4. The molecule has 0 saturated carbocycles. The third kappa shape index (κ3) is 2.10. The van der Waals surface area contributed by atoms with E-state index in [0.29, 0.717) is 17.2 Å². The molecule has 1 aliphatic heterocycles. The molecule has 19 heavy (non-hydrogen) atoms. The van der Waals surface area contributed by atoms with E-state index in [0.717, 1.165) is 22.7 Å². The van der Waals surface area contributed by atoms with E-state index in [4.69, 9.17) is 9.84 Å². The highest BCUT2D eigenvalue weighted by Gasteiger charge is 2.27. The zero-order valence-electron chi connectivity index (χ0n) is 10.4. The second kappa shape index (κ2) is 4.66. The highest BCUT2D eigenvalue weighted by atomic mass is 32.1. The molecule has 3 rings (SSSR count). The van der Waals surface area contributed by atoms with Crippen molar-refractivity contribution >= 4 is 17.3 Å². The van der Waals surface area contributed by atoms with Crippen molar-refractivity contribution in [3.63, 3.8) is 0 Å². The second-order valence-electron chi connectivity index (χ2n) is 4.50. The number of nitrogens with zero attached hydrogens (tertiary/aromatic N) is 1. The average Bonchev–Trinajstić information content (AvgIpc) is 2.80. The van der Waals surface area contributed by atoms with Gasteiger partial charge in [0.15, 0.2) is 0 Å². The molecule has 2 aromatic rings. The van der Waals surface area contributed by atoms with Gasteiger partial charge in [0, 0.05) is 11.5 Å². The molecule has 0 fully saturated rings. The molecule has 98 valence electrons. The molecule has 1 unspecified atom stereocenters. The zero-order valence-corrected chi connectivity index (χ0v) is 11.2. The number of hydrogen-bond donors (Lipinski definition) is 1. The molecule has 0 amide bonds. The lowest BCUT2D eigenvalue weighted by molar-refractivity contribution is 0.0701. The van der Waals surface area contributed by atoms with Crippen molar-refractivity contribution in [2.75, 3.05) is 6.61 Å². The van der Waals surface area contributed by atoms with Gasteiger partial charge >= 0.3 is 5.97 Å². The van der Waals surface area contributed by atoms with Crippen LogP contribution >= 0.6 is 11.3 Å². The number of fused-ring (bicyclic) bond motifs is 1. The van der Waals surface area contributed by atoms with Gasteiger partial charge in [0.25, 0.3) is 0 Å². The van der Waals surface area contributed by atoms with Crippen molar-refractivity contribution < 1.29 is 14.6 Å². The molecule has 1 aromatic carbocycles. The SMILES string of the molecule is Cc1nc(C2CCOc3ccccc32)sc1C(=O)O. The molecule has 1 N–H and O–H groups in total. The summed E-state index contributed by atoms with van der Waals surface area (Å²) < 4.78 is 5.62. The summed E-state index contributed by atoms with van der Waals surface area (Å²) in [6.45, 7) is 2.39. The summed E-state index contributed by atoms with van der Waals surface area (Å²) in [5, 5.41) is 9.98. The third-order valence-electron chi connectivity index (χ3n) is 3.26. The normalized spacial score (nSPS) is 17.6. The minimum absolute atomic E-state index is 0.141. The van der Waals surface area contributed by atoms with E-state index in [-0.39, 0.29) is 5.92 Å². The quantitative estimate of drug-likeness (QED) is 0.915. The number of ether oxygens (including phenoxy) is 1. The Morgan fingerprint density at radius 3 is 3.00 bits per heavy atom. The molecule has 1 aliphatic rings. The van der Waals surface area contributed by atoms with Crippen LogP contribution in [0, 0.1) is 6.92 Å². The monoisotopic (exact) mass is 275 g/mol. The molecular formula is C14H13NO3S. The average molecular weight is 275 g/mol. The first-order valence-corrected chi connectivity index (χ1v) is 6.91. The summed E-state index contributed by atoms with van der Waals surface area (Å²) in [5.74, 6) is 0.117. The zero-order chi connectivity index (χ0) is 13.4. The first-order valence-electron chi connectivity index (χ1n) is 6.09. The number of aromatic carboxylic acids is 1. The summed E-state index contributed by atoms with van der Waals surface area (Å²) in [4.78, 5) is 15.9. The number of para-hydroxylation sites is 1. The number of aromatic nitrogens is 1. The first kappa shape index (κ1) is 12.2. The van der Waals surface area contributed by atoms with Gasteiger partial charge in [-0.15, -0.1) is 11.3 Å². The number of carboxylic acid groups (broad SMARTS) is 1. The Hall–Kier alpha value is -1.88. The number of carboxylic acids is 1. The summed E-state index contributed by atoms with van der Waals surface area (Å²) in [7, 11) is 0. The van der Waals surface area contributed by atoms with Gasteiger partial charge in [0.05, 0.1) is 12.3 Å². The van der Waals surface area contributed by atoms with E-state index in [1.54, 1.807) is 6.92 Å². The Balaban J connectivity index is 2.04. The number of benzene rings is 1. The minimum Gasteiger partial charge on any atom is -0.493 e. The Labute approximate surface area is 114 Å². The maximum absolute atomic E-state index is 11.1. The molecule has 2 heterocycles. The third-order valence-corrected chi connectivity index (χ3v) is 4.52. The van der Waals surface area contributed by atoms with Gasteiger partial charge in [-0.05, 0) is 19.4 Å². The van der Waals surface area contributed by atoms with Gasteiger partial charge in [-0.1, -0.05) is 18.2 Å². The van der Waals surface area contributed by atoms with E-state index < -0.39 is 5.97 Å². The van der Waals surface area contributed by atoms with Gasteiger partial charge in [-0.25, -0.2) is 9.78 Å². The summed E-state index contributed by atoms with van der Waals surface area (Å²) in [6.07, 6.45) is 0.836. The minimum atomic E-state index is -0.901. The van der Waals surface area contributed by atoms with Crippen molar-refractivity contribution in [2.45, 2.75) is 19.3 Å². The Morgan fingerprint density at radius 2 is 2.26 bits per heavy atom. The molecule has 4 nitrogen and oxygen atoms in total. The summed E-state index contributed by atoms with van der Waals surface area (Å²) in [5.41, 5.74) is 1.69. The van der Waals surface area contributed by atoms with Crippen LogP contribution in [0.25, 0.3) is 0 Å². The lowest BCUT2D eigenvalue weighted by Crippen LogP contribution is -2.14. The maximum atomic E-state index is 11.1. The van der Waals surface area contributed by atoms with Crippen LogP contribution in [-0.4, -0.2) is 22.7 Å². The van der Waals surface area contributed by atoms with E-state index in [9.17, 15) is 4.79 Å². The molecule has 1 atom stereocenters. The molecular weight excluding hydrogens is 262 g/mol. The number of carbonyl (C=O) groups is 1. The van der Waals surface area contributed by atoms with Gasteiger partial charge in [-0.2, -0.15) is 0 Å². The first-order chi connectivity index (χ1) is 9.16. The lowest BCUT2D eigenvalue weighted by atomic mass is 9.94. The van der Waals surface area contributed by atoms with E-state index >= 15 is 0 Å². The van der Waals surface area contributed by atoms with Crippen LogP contribution in [-0.2, 0) is 0 Å². The van der Waals surface area contributed by atoms with Crippen LogP contribution in [0.1, 0.15) is 38.3 Å². The van der Waals surface area contributed by atoms with Crippen LogP contribution < -0.4 is 4.74 Å².